The first-order chi connectivity index (χ1) is 15.0. The van der Waals surface area contributed by atoms with Crippen LogP contribution in [0.2, 0.25) is 0 Å². The smallest absolute Gasteiger partial charge is 0.311 e. The number of benzene rings is 2. The number of ether oxygens (including phenoxy) is 3. The second-order valence-corrected chi connectivity index (χ2v) is 7.69. The molecule has 2 aromatic carbocycles. The first-order valence-electron chi connectivity index (χ1n) is 9.49. The molecule has 0 aliphatic carbocycles. The van der Waals surface area contributed by atoms with Gasteiger partial charge < -0.3 is 18.7 Å². The van der Waals surface area contributed by atoms with Crippen LogP contribution in [0.4, 0.5) is 0 Å². The van der Waals surface area contributed by atoms with Gasteiger partial charge in [0.05, 0.1) is 19.1 Å². The number of ketones is 1. The fraction of sp³-hybridized carbons (Fsp3) is 0.174. The number of nitrogens with zero attached hydrogens (tertiary/aromatic N) is 1. The average molecular weight is 484 g/mol. The van der Waals surface area contributed by atoms with Gasteiger partial charge in [0.1, 0.15) is 17.3 Å². The van der Waals surface area contributed by atoms with Crippen LogP contribution in [0.1, 0.15) is 33.7 Å². The van der Waals surface area contributed by atoms with E-state index in [0.717, 1.165) is 10.0 Å². The van der Waals surface area contributed by atoms with Crippen LogP contribution in [0.25, 0.3) is 6.08 Å². The zero-order valence-electron chi connectivity index (χ0n) is 16.8. The number of aryl methyl sites for hydroxylation is 1. The molecule has 0 N–H and O–H groups in total. The molecule has 1 aliphatic heterocycles. The Morgan fingerprint density at radius 1 is 1.23 bits per heavy atom. The molecule has 1 aromatic heterocycles. The normalized spacial score (nSPS) is 13.8. The van der Waals surface area contributed by atoms with Crippen molar-refractivity contribution in [1.29, 1.82) is 0 Å². The number of fused-ring (bicyclic) bond motifs is 1. The Morgan fingerprint density at radius 2 is 2.03 bits per heavy atom. The fourth-order valence-corrected chi connectivity index (χ4v) is 3.52. The second-order valence-electron chi connectivity index (χ2n) is 6.84. The quantitative estimate of drug-likeness (QED) is 0.279. The highest BCUT2D eigenvalue weighted by atomic mass is 79.9. The lowest BCUT2D eigenvalue weighted by Crippen LogP contribution is -2.10. The van der Waals surface area contributed by atoms with Gasteiger partial charge in [-0.25, -0.2) is 0 Å². The van der Waals surface area contributed by atoms with E-state index < -0.39 is 5.97 Å². The van der Waals surface area contributed by atoms with E-state index >= 15 is 0 Å². The minimum Gasteiger partial charge on any atom is -0.479 e. The van der Waals surface area contributed by atoms with Gasteiger partial charge in [-0.15, -0.1) is 0 Å². The molecule has 0 bridgehead atoms. The van der Waals surface area contributed by atoms with E-state index in [-0.39, 0.29) is 18.0 Å². The Labute approximate surface area is 186 Å². The zero-order valence-corrected chi connectivity index (χ0v) is 18.4. The first-order valence-corrected chi connectivity index (χ1v) is 10.3. The summed E-state index contributed by atoms with van der Waals surface area (Å²) < 4.78 is 22.2. The van der Waals surface area contributed by atoms with Crippen molar-refractivity contribution in [2.75, 3.05) is 7.11 Å². The lowest BCUT2D eigenvalue weighted by Gasteiger charge is -2.09. The molecule has 0 unspecified atom stereocenters. The summed E-state index contributed by atoms with van der Waals surface area (Å²) in [6.07, 6.45) is 2.11. The van der Waals surface area contributed by atoms with Gasteiger partial charge in [-0.05, 0) is 41.9 Å². The molecule has 4 rings (SSSR count). The summed E-state index contributed by atoms with van der Waals surface area (Å²) >= 11 is 3.46. The highest BCUT2D eigenvalue weighted by Crippen LogP contribution is 2.39. The molecule has 0 radical (unpaired) electrons. The predicted octanol–water partition coefficient (Wildman–Crippen LogP) is 4.91. The van der Waals surface area contributed by atoms with E-state index in [0.29, 0.717) is 40.7 Å². The molecule has 0 saturated heterocycles. The lowest BCUT2D eigenvalue weighted by atomic mass is 10.1. The average Bonchev–Trinajstić information content (AvgIpc) is 3.35. The Balaban J connectivity index is 1.48. The molecule has 0 amide bonds. The number of Topliss-reactive ketones (excluding diaryl/α,β-unsaturated/α-hetero) is 1. The van der Waals surface area contributed by atoms with Gasteiger partial charge in [-0.1, -0.05) is 34.1 Å². The fourth-order valence-electron chi connectivity index (χ4n) is 3.12. The summed E-state index contributed by atoms with van der Waals surface area (Å²) in [4.78, 5) is 25.0. The standard InChI is InChI=1S/C23H18BrNO6/c1-13-18(29-21(26)10-7-15-12-20(28-2)25-31-15)9-8-16-22(27)19(30-23(13)16)11-14-5-3-4-6-17(14)24/h3-6,8-9,11-12H,7,10H2,1-2H3/b19-11-. The summed E-state index contributed by atoms with van der Waals surface area (Å²) in [6, 6.07) is 12.4. The number of methoxy groups -OCH3 is 1. The van der Waals surface area contributed by atoms with Crippen molar-refractivity contribution in [2.45, 2.75) is 19.8 Å². The molecule has 1 aliphatic rings. The molecule has 158 valence electrons. The molecular formula is C23H18BrNO6. The lowest BCUT2D eigenvalue weighted by molar-refractivity contribution is -0.134. The number of carbonyl (C=O) groups excluding carboxylic acids is 2. The molecule has 0 atom stereocenters. The van der Waals surface area contributed by atoms with E-state index in [9.17, 15) is 9.59 Å². The van der Waals surface area contributed by atoms with Crippen molar-refractivity contribution in [3.8, 4) is 17.4 Å². The molecule has 0 saturated carbocycles. The third-order valence-corrected chi connectivity index (χ3v) is 5.50. The number of esters is 1. The summed E-state index contributed by atoms with van der Waals surface area (Å²) in [7, 11) is 1.48. The van der Waals surface area contributed by atoms with Crippen LogP contribution < -0.4 is 14.2 Å². The van der Waals surface area contributed by atoms with Crippen molar-refractivity contribution < 1.29 is 28.3 Å². The monoisotopic (exact) mass is 483 g/mol. The van der Waals surface area contributed by atoms with Crippen LogP contribution in [0.3, 0.4) is 0 Å². The van der Waals surface area contributed by atoms with Gasteiger partial charge in [0.2, 0.25) is 5.78 Å². The van der Waals surface area contributed by atoms with Crippen molar-refractivity contribution in [3.05, 3.63) is 75.1 Å². The molecule has 31 heavy (non-hydrogen) atoms. The van der Waals surface area contributed by atoms with Crippen LogP contribution in [-0.2, 0) is 11.2 Å². The third kappa shape index (κ3) is 4.39. The van der Waals surface area contributed by atoms with E-state index in [2.05, 4.69) is 21.1 Å². The molecule has 3 aromatic rings. The summed E-state index contributed by atoms with van der Waals surface area (Å²) in [6.45, 7) is 1.75. The Bertz CT molecular complexity index is 1200. The maximum absolute atomic E-state index is 12.7. The van der Waals surface area contributed by atoms with Crippen LogP contribution in [0.15, 0.2) is 57.2 Å². The zero-order chi connectivity index (χ0) is 22.0. The van der Waals surface area contributed by atoms with Gasteiger partial charge >= 0.3 is 5.97 Å². The highest BCUT2D eigenvalue weighted by Gasteiger charge is 2.30. The summed E-state index contributed by atoms with van der Waals surface area (Å²) in [5, 5.41) is 3.69. The van der Waals surface area contributed by atoms with Crippen molar-refractivity contribution in [1.82, 2.24) is 5.16 Å². The topological polar surface area (TPSA) is 87.9 Å². The van der Waals surface area contributed by atoms with Gasteiger partial charge in [0.25, 0.3) is 5.88 Å². The van der Waals surface area contributed by atoms with Crippen LogP contribution >= 0.6 is 15.9 Å². The largest absolute Gasteiger partial charge is 0.479 e. The number of aromatic nitrogens is 1. The molecule has 0 fully saturated rings. The Hall–Kier alpha value is -3.39. The van der Waals surface area contributed by atoms with Crippen LogP contribution in [0, 0.1) is 6.92 Å². The molecular weight excluding hydrogens is 466 g/mol. The number of halogens is 1. The minimum atomic E-state index is -0.438. The number of allylic oxidation sites excluding steroid dienone is 1. The van der Waals surface area contributed by atoms with E-state index in [1.54, 1.807) is 31.2 Å². The third-order valence-electron chi connectivity index (χ3n) is 4.77. The first kappa shape index (κ1) is 20.9. The van der Waals surface area contributed by atoms with E-state index in [4.69, 9.17) is 18.7 Å². The number of hydrogen-bond acceptors (Lipinski definition) is 7. The van der Waals surface area contributed by atoms with Crippen LogP contribution in [0.5, 0.6) is 17.4 Å². The van der Waals surface area contributed by atoms with Crippen LogP contribution in [-0.4, -0.2) is 24.0 Å². The maximum atomic E-state index is 12.7. The number of hydrogen-bond donors (Lipinski definition) is 0. The highest BCUT2D eigenvalue weighted by molar-refractivity contribution is 9.10. The summed E-state index contributed by atoms with van der Waals surface area (Å²) in [5.74, 6) is 1.18. The van der Waals surface area contributed by atoms with Crippen molar-refractivity contribution >= 4 is 33.8 Å². The Kier molecular flexibility index (Phi) is 5.90. The number of carbonyl (C=O) groups is 2. The molecule has 0 spiro atoms. The Morgan fingerprint density at radius 3 is 2.77 bits per heavy atom. The van der Waals surface area contributed by atoms with Crippen molar-refractivity contribution in [3.63, 3.8) is 0 Å². The van der Waals surface area contributed by atoms with Crippen molar-refractivity contribution in [2.24, 2.45) is 0 Å². The summed E-state index contributed by atoms with van der Waals surface area (Å²) in [5.41, 5.74) is 1.84. The predicted molar refractivity (Wildman–Crippen MR) is 115 cm³/mol. The van der Waals surface area contributed by atoms with Gasteiger partial charge in [0.15, 0.2) is 5.76 Å². The minimum absolute atomic E-state index is 0.0991. The van der Waals surface area contributed by atoms with E-state index in [1.165, 1.54) is 7.11 Å². The van der Waals surface area contributed by atoms with Gasteiger partial charge in [-0.3, -0.25) is 9.59 Å². The molecule has 7 nitrogen and oxygen atoms in total. The van der Waals surface area contributed by atoms with Gasteiger partial charge in [0, 0.05) is 22.5 Å². The van der Waals surface area contributed by atoms with E-state index in [1.807, 2.05) is 24.3 Å². The van der Waals surface area contributed by atoms with Gasteiger partial charge in [-0.2, -0.15) is 0 Å². The maximum Gasteiger partial charge on any atom is 0.311 e. The molecule has 8 heteroatoms. The SMILES string of the molecule is COc1cc(CCC(=O)Oc2ccc3c(c2C)O/C(=C\c2ccccc2Br)C3=O)on1. The second kappa shape index (κ2) is 8.77. The number of rotatable bonds is 6. The molecule has 2 heterocycles.